The van der Waals surface area contributed by atoms with E-state index in [0.29, 0.717) is 0 Å². The molecule has 1 aliphatic rings. The van der Waals surface area contributed by atoms with Crippen LogP contribution in [0.3, 0.4) is 0 Å². The highest BCUT2D eigenvalue weighted by molar-refractivity contribution is 6.30. The summed E-state index contributed by atoms with van der Waals surface area (Å²) in [6, 6.07) is 111. The Morgan fingerprint density at radius 2 is 0.476 bits per heavy atom. The van der Waals surface area contributed by atoms with Crippen molar-refractivity contribution in [1.82, 2.24) is 0 Å². The standard InChI is InChI=1S/C24H18.C23H18.2C20H16.C18H14/c1-15-17-9-3-4-10-18(17)16(2)24-22-14-8-6-12-20(22)19-11-5-7-13-21(19)23(15)24;1-14-18-8-5-6-9-19(18)15(2)22-13-23-17(12-21(14)22)11-16-7-3-4-10-20(16)23;1-13-11-19-18-10-6-4-8-16(18)14(2)12-20(19)17-9-5-3-7-15(13)17;1-13-16-8-5-6-9-17(16)14(2)20-18(13)12-11-15-7-3-4-10-19(15)20;1-11-7-13-3-5-15-9-12(2)10-16-6-4-14(8-11)17(13)18(15)16/h3-14H,1-2H3;3-10,12-13H,11H2,1-2H3;2*3-12H,1-2H3;3-10H,1-2H3. The zero-order chi connectivity index (χ0) is 71.5. The van der Waals surface area contributed by atoms with E-state index < -0.39 is 0 Å². The monoisotopic (exact) mass is 1340 g/mol. The molecule has 0 N–H and O–H groups in total. The van der Waals surface area contributed by atoms with E-state index in [0.717, 1.165) is 6.42 Å². The van der Waals surface area contributed by atoms with E-state index >= 15 is 0 Å². The maximum atomic E-state index is 2.43. The maximum absolute atomic E-state index is 2.43. The summed E-state index contributed by atoms with van der Waals surface area (Å²) in [5, 5.41) is 41.1. The van der Waals surface area contributed by atoms with Crippen molar-refractivity contribution in [2.45, 2.75) is 75.7 Å². The zero-order valence-electron chi connectivity index (χ0n) is 61.6. The highest BCUT2D eigenvalue weighted by atomic mass is 14.3. The van der Waals surface area contributed by atoms with E-state index in [1.54, 1.807) is 0 Å². The lowest BCUT2D eigenvalue weighted by Crippen LogP contribution is -1.91. The maximum Gasteiger partial charge on any atom is -0.00132 e. The fourth-order valence-electron chi connectivity index (χ4n) is 18.4. The summed E-state index contributed by atoms with van der Waals surface area (Å²) in [5.41, 5.74) is 19.5. The molecule has 0 saturated carbocycles. The molecule has 0 amide bonds. The lowest BCUT2D eigenvalue weighted by Gasteiger charge is -2.17. The summed E-state index contributed by atoms with van der Waals surface area (Å²) < 4.78 is 0. The summed E-state index contributed by atoms with van der Waals surface area (Å²) in [7, 11) is 0. The Morgan fingerprint density at radius 1 is 0.162 bits per heavy atom. The number of benzene rings is 21. The van der Waals surface area contributed by atoms with Crippen LogP contribution >= 0.6 is 0 Å². The van der Waals surface area contributed by atoms with Crippen LogP contribution in [0.4, 0.5) is 0 Å². The third-order valence-electron chi connectivity index (χ3n) is 23.5. The normalized spacial score (nSPS) is 11.9. The van der Waals surface area contributed by atoms with E-state index in [1.165, 1.54) is 239 Å². The molecule has 0 spiro atoms. The van der Waals surface area contributed by atoms with Gasteiger partial charge in [-0.15, -0.1) is 0 Å². The van der Waals surface area contributed by atoms with Gasteiger partial charge in [0.25, 0.3) is 0 Å². The summed E-state index contributed by atoms with van der Waals surface area (Å²) >= 11 is 0. The first-order chi connectivity index (χ1) is 51.3. The van der Waals surface area contributed by atoms with Gasteiger partial charge in [-0.25, -0.2) is 0 Å². The predicted octanol–water partition coefficient (Wildman–Crippen LogP) is 29.8. The van der Waals surface area contributed by atoms with Gasteiger partial charge in [-0.3, -0.25) is 0 Å². The molecule has 21 aromatic rings. The van der Waals surface area contributed by atoms with E-state index in [2.05, 4.69) is 373 Å². The van der Waals surface area contributed by atoms with Crippen LogP contribution in [-0.2, 0) is 6.42 Å². The largest absolute Gasteiger partial charge is 0.0619 e. The quantitative estimate of drug-likeness (QED) is 0.105. The van der Waals surface area contributed by atoms with Gasteiger partial charge < -0.3 is 0 Å². The molecule has 0 saturated heterocycles. The highest BCUT2D eigenvalue weighted by Gasteiger charge is 2.22. The molecule has 0 atom stereocenters. The van der Waals surface area contributed by atoms with Crippen LogP contribution in [0.5, 0.6) is 0 Å². The van der Waals surface area contributed by atoms with Crippen LogP contribution < -0.4 is 0 Å². The Labute approximate surface area is 614 Å². The van der Waals surface area contributed by atoms with Crippen molar-refractivity contribution in [3.8, 4) is 11.1 Å². The smallest absolute Gasteiger partial charge is 0.00132 e. The molecule has 502 valence electrons. The Balaban J connectivity index is 0.0000000936. The van der Waals surface area contributed by atoms with Crippen molar-refractivity contribution >= 4 is 162 Å². The van der Waals surface area contributed by atoms with Gasteiger partial charge >= 0.3 is 0 Å². The fraction of sp³-hybridized carbons (Fsp3) is 0.105. The Kier molecular flexibility index (Phi) is 16.0. The summed E-state index contributed by atoms with van der Waals surface area (Å²) in [6.45, 7) is 22.3. The molecule has 1 aliphatic carbocycles. The van der Waals surface area contributed by atoms with Gasteiger partial charge in [0.1, 0.15) is 0 Å². The van der Waals surface area contributed by atoms with Crippen molar-refractivity contribution in [2.75, 3.05) is 0 Å². The van der Waals surface area contributed by atoms with Crippen LogP contribution in [0, 0.1) is 69.2 Å². The average molecular weight is 1340 g/mol. The summed E-state index contributed by atoms with van der Waals surface area (Å²) in [5.74, 6) is 0. The van der Waals surface area contributed by atoms with Crippen molar-refractivity contribution in [1.29, 1.82) is 0 Å². The molecular weight excluding hydrogens is 1260 g/mol. The fourth-order valence-corrected chi connectivity index (χ4v) is 18.4. The van der Waals surface area contributed by atoms with Gasteiger partial charge in [0, 0.05) is 0 Å². The average Bonchev–Trinajstić information content (AvgIpc) is 1.38. The summed E-state index contributed by atoms with van der Waals surface area (Å²) in [6.07, 6.45) is 1.06. The van der Waals surface area contributed by atoms with Crippen LogP contribution in [0.15, 0.2) is 303 Å². The Hall–Kier alpha value is -12.2. The van der Waals surface area contributed by atoms with Crippen molar-refractivity contribution in [2.24, 2.45) is 0 Å². The van der Waals surface area contributed by atoms with Gasteiger partial charge in [-0.1, -0.05) is 291 Å². The molecule has 0 fully saturated rings. The topological polar surface area (TPSA) is 0 Å². The first-order valence-electron chi connectivity index (χ1n) is 37.3. The predicted molar refractivity (Wildman–Crippen MR) is 462 cm³/mol. The first-order valence-corrected chi connectivity index (χ1v) is 37.3. The molecule has 0 aromatic heterocycles. The SMILES string of the molecule is Cc1c2ccccc2c(C)c2c1ccc1ccccc12.Cc1c2ccccc2c(C)c2c3ccccc3c3ccccc3c12.Cc1c2ccccc2c(C)c2cc3c(cc12)Cc1ccccc1-3.Cc1cc2c3ccccc3c(C)cc2c2ccccc12.Cc1cc2ccc3cc(C)cc4ccc(c1)c2c34. The molecule has 0 heteroatoms. The second kappa shape index (κ2) is 25.9. The minimum Gasteiger partial charge on any atom is -0.0619 e. The summed E-state index contributed by atoms with van der Waals surface area (Å²) in [4.78, 5) is 0. The van der Waals surface area contributed by atoms with Crippen molar-refractivity contribution in [3.63, 3.8) is 0 Å². The second-order valence-electron chi connectivity index (χ2n) is 29.7. The van der Waals surface area contributed by atoms with Gasteiger partial charge in [-0.2, -0.15) is 0 Å². The lowest BCUT2D eigenvalue weighted by atomic mass is 9.86. The molecule has 105 heavy (non-hydrogen) atoms. The highest BCUT2D eigenvalue weighted by Crippen LogP contribution is 2.46. The first kappa shape index (κ1) is 64.8. The van der Waals surface area contributed by atoms with E-state index in [-0.39, 0.29) is 0 Å². The molecule has 0 aliphatic heterocycles. The van der Waals surface area contributed by atoms with Crippen LogP contribution in [-0.4, -0.2) is 0 Å². The molecule has 0 unspecified atom stereocenters. The van der Waals surface area contributed by atoms with Crippen LogP contribution in [0.25, 0.3) is 173 Å². The second-order valence-corrected chi connectivity index (χ2v) is 29.7. The number of rotatable bonds is 0. The van der Waals surface area contributed by atoms with Crippen molar-refractivity contribution < 1.29 is 0 Å². The number of aryl methyl sites for hydroxylation is 10. The van der Waals surface area contributed by atoms with E-state index in [1.807, 2.05) is 0 Å². The number of fused-ring (bicyclic) bond motifs is 21. The van der Waals surface area contributed by atoms with Crippen molar-refractivity contribution in [3.05, 3.63) is 370 Å². The number of hydrogen-bond donors (Lipinski definition) is 0. The Morgan fingerprint density at radius 3 is 0.914 bits per heavy atom. The molecule has 0 bridgehead atoms. The molecule has 0 heterocycles. The van der Waals surface area contributed by atoms with Gasteiger partial charge in [0.05, 0.1) is 0 Å². The minimum atomic E-state index is 1.06. The molecular formula is C105H82. The van der Waals surface area contributed by atoms with Gasteiger partial charge in [0.15, 0.2) is 0 Å². The third-order valence-corrected chi connectivity index (χ3v) is 23.5. The molecule has 22 rings (SSSR count). The minimum absolute atomic E-state index is 1.06. The molecule has 0 nitrogen and oxygen atoms in total. The number of hydrogen-bond acceptors (Lipinski definition) is 0. The van der Waals surface area contributed by atoms with Crippen LogP contribution in [0.1, 0.15) is 66.8 Å². The Bertz CT molecular complexity index is 6830. The van der Waals surface area contributed by atoms with Gasteiger partial charge in [0.2, 0.25) is 0 Å². The third kappa shape index (κ3) is 10.8. The van der Waals surface area contributed by atoms with E-state index in [4.69, 9.17) is 0 Å². The van der Waals surface area contributed by atoms with Crippen LogP contribution in [0.2, 0.25) is 0 Å². The molecule has 0 radical (unpaired) electrons. The zero-order valence-corrected chi connectivity index (χ0v) is 61.6. The molecule has 21 aromatic carbocycles. The van der Waals surface area contributed by atoms with Gasteiger partial charge in [-0.05, 0) is 327 Å². The lowest BCUT2D eigenvalue weighted by molar-refractivity contribution is 1.27. The van der Waals surface area contributed by atoms with E-state index in [9.17, 15) is 0 Å².